The van der Waals surface area contributed by atoms with Crippen LogP contribution in [0, 0.1) is 5.92 Å². The van der Waals surface area contributed by atoms with Crippen LogP contribution in [0.1, 0.15) is 32.6 Å². The average molecular weight is 270 g/mol. The number of carboxylic acids is 1. The highest BCUT2D eigenvalue weighted by Gasteiger charge is 2.29. The van der Waals surface area contributed by atoms with Gasteiger partial charge in [-0.3, -0.25) is 4.79 Å². The number of hydrogen-bond acceptors (Lipinski definition) is 3. The highest BCUT2D eigenvalue weighted by atomic mass is 16.5. The molecule has 2 saturated heterocycles. The van der Waals surface area contributed by atoms with Crippen molar-refractivity contribution >= 4 is 12.0 Å². The van der Waals surface area contributed by atoms with Crippen LogP contribution in [0.15, 0.2) is 0 Å². The zero-order valence-corrected chi connectivity index (χ0v) is 11.3. The molecule has 0 saturated carbocycles. The predicted molar refractivity (Wildman–Crippen MR) is 68.9 cm³/mol. The molecule has 6 heteroatoms. The first kappa shape index (κ1) is 14.1. The SMILES string of the molecule is CC(NC(=O)N1CCC(C(=O)O)CC1)C1CCCO1. The molecule has 2 amide bonds. The Morgan fingerprint density at radius 3 is 2.53 bits per heavy atom. The number of piperidine rings is 1. The second kappa shape index (κ2) is 6.23. The second-order valence-corrected chi connectivity index (χ2v) is 5.39. The van der Waals surface area contributed by atoms with E-state index in [0.29, 0.717) is 25.9 Å². The number of urea groups is 1. The maximum absolute atomic E-state index is 12.1. The normalized spacial score (nSPS) is 26.2. The van der Waals surface area contributed by atoms with Crippen LogP contribution in [-0.4, -0.2) is 53.8 Å². The Morgan fingerprint density at radius 1 is 1.32 bits per heavy atom. The molecule has 2 atom stereocenters. The molecule has 0 aromatic carbocycles. The molecule has 2 heterocycles. The van der Waals surface area contributed by atoms with Gasteiger partial charge in [0, 0.05) is 19.7 Å². The Labute approximate surface area is 113 Å². The van der Waals surface area contributed by atoms with Gasteiger partial charge in [-0.15, -0.1) is 0 Å². The van der Waals surface area contributed by atoms with Gasteiger partial charge < -0.3 is 20.1 Å². The van der Waals surface area contributed by atoms with E-state index < -0.39 is 5.97 Å². The van der Waals surface area contributed by atoms with E-state index in [1.807, 2.05) is 6.92 Å². The number of ether oxygens (including phenoxy) is 1. The van der Waals surface area contributed by atoms with Gasteiger partial charge in [0.15, 0.2) is 0 Å². The molecule has 0 bridgehead atoms. The van der Waals surface area contributed by atoms with Crippen LogP contribution in [0.4, 0.5) is 4.79 Å². The quantitative estimate of drug-likeness (QED) is 0.803. The van der Waals surface area contributed by atoms with Crippen molar-refractivity contribution in [2.45, 2.75) is 44.8 Å². The molecule has 6 nitrogen and oxygen atoms in total. The highest BCUT2D eigenvalue weighted by molar-refractivity contribution is 5.75. The average Bonchev–Trinajstić information content (AvgIpc) is 2.92. The van der Waals surface area contributed by atoms with E-state index in [0.717, 1.165) is 19.4 Å². The molecule has 108 valence electrons. The number of amides is 2. The Balaban J connectivity index is 1.76. The molecule has 2 unspecified atom stereocenters. The van der Waals surface area contributed by atoms with Crippen molar-refractivity contribution in [3.63, 3.8) is 0 Å². The lowest BCUT2D eigenvalue weighted by Crippen LogP contribution is -2.50. The fourth-order valence-electron chi connectivity index (χ4n) is 2.71. The number of carboxylic acid groups (broad SMARTS) is 1. The minimum atomic E-state index is -0.757. The molecule has 2 aliphatic rings. The first-order valence-electron chi connectivity index (χ1n) is 6.98. The fraction of sp³-hybridized carbons (Fsp3) is 0.846. The number of likely N-dealkylation sites (tertiary alicyclic amines) is 1. The largest absolute Gasteiger partial charge is 0.481 e. The van der Waals surface area contributed by atoms with Gasteiger partial charge in [0.05, 0.1) is 18.1 Å². The summed E-state index contributed by atoms with van der Waals surface area (Å²) in [6.45, 7) is 3.76. The van der Waals surface area contributed by atoms with Gasteiger partial charge in [-0.2, -0.15) is 0 Å². The molecule has 0 aromatic heterocycles. The summed E-state index contributed by atoms with van der Waals surface area (Å²) in [7, 11) is 0. The topological polar surface area (TPSA) is 78.9 Å². The summed E-state index contributed by atoms with van der Waals surface area (Å²) in [5.41, 5.74) is 0. The minimum absolute atomic E-state index is 0.00666. The third-order valence-electron chi connectivity index (χ3n) is 4.01. The fourth-order valence-corrected chi connectivity index (χ4v) is 2.71. The monoisotopic (exact) mass is 270 g/mol. The Morgan fingerprint density at radius 2 is 2.00 bits per heavy atom. The lowest BCUT2D eigenvalue weighted by Gasteiger charge is -2.32. The number of hydrogen-bond donors (Lipinski definition) is 2. The molecule has 2 N–H and O–H groups in total. The summed E-state index contributed by atoms with van der Waals surface area (Å²) < 4.78 is 5.54. The number of nitrogens with zero attached hydrogens (tertiary/aromatic N) is 1. The van der Waals surface area contributed by atoms with Crippen molar-refractivity contribution in [2.24, 2.45) is 5.92 Å². The van der Waals surface area contributed by atoms with Crippen molar-refractivity contribution in [1.29, 1.82) is 0 Å². The molecule has 0 aliphatic carbocycles. The van der Waals surface area contributed by atoms with Crippen LogP contribution in [0.25, 0.3) is 0 Å². The van der Waals surface area contributed by atoms with Gasteiger partial charge in [-0.05, 0) is 32.6 Å². The molecule has 19 heavy (non-hydrogen) atoms. The van der Waals surface area contributed by atoms with Crippen molar-refractivity contribution in [1.82, 2.24) is 10.2 Å². The van der Waals surface area contributed by atoms with Gasteiger partial charge in [-0.1, -0.05) is 0 Å². The molecular formula is C13H22N2O4. The molecule has 2 fully saturated rings. The van der Waals surface area contributed by atoms with E-state index in [1.165, 1.54) is 0 Å². The Kier molecular flexibility index (Phi) is 4.63. The van der Waals surface area contributed by atoms with Gasteiger partial charge in [0.2, 0.25) is 0 Å². The van der Waals surface area contributed by atoms with Crippen LogP contribution >= 0.6 is 0 Å². The summed E-state index contributed by atoms with van der Waals surface area (Å²) in [6.07, 6.45) is 3.23. The number of carbonyl (C=O) groups excluding carboxylic acids is 1. The smallest absolute Gasteiger partial charge is 0.317 e. The van der Waals surface area contributed by atoms with Gasteiger partial charge in [-0.25, -0.2) is 4.79 Å². The minimum Gasteiger partial charge on any atom is -0.481 e. The van der Waals surface area contributed by atoms with Crippen molar-refractivity contribution < 1.29 is 19.4 Å². The summed E-state index contributed by atoms with van der Waals surface area (Å²) in [4.78, 5) is 24.6. The summed E-state index contributed by atoms with van der Waals surface area (Å²) in [5, 5.41) is 11.9. The number of nitrogens with one attached hydrogen (secondary N) is 1. The van der Waals surface area contributed by atoms with Crippen LogP contribution in [0.2, 0.25) is 0 Å². The molecular weight excluding hydrogens is 248 g/mol. The highest BCUT2D eigenvalue weighted by Crippen LogP contribution is 2.18. The zero-order valence-electron chi connectivity index (χ0n) is 11.3. The van der Waals surface area contributed by atoms with Crippen molar-refractivity contribution in [3.8, 4) is 0 Å². The zero-order chi connectivity index (χ0) is 13.8. The first-order valence-corrected chi connectivity index (χ1v) is 6.98. The maximum Gasteiger partial charge on any atom is 0.317 e. The van der Waals surface area contributed by atoms with E-state index in [9.17, 15) is 9.59 Å². The summed E-state index contributed by atoms with van der Waals surface area (Å²) >= 11 is 0. The summed E-state index contributed by atoms with van der Waals surface area (Å²) in [5.74, 6) is -1.06. The molecule has 0 spiro atoms. The van der Waals surface area contributed by atoms with Crippen LogP contribution < -0.4 is 5.32 Å². The van der Waals surface area contributed by atoms with E-state index in [1.54, 1.807) is 4.90 Å². The predicted octanol–water partition coefficient (Wildman–Crippen LogP) is 1.06. The number of rotatable bonds is 3. The lowest BCUT2D eigenvalue weighted by molar-refractivity contribution is -0.143. The van der Waals surface area contributed by atoms with E-state index in [-0.39, 0.29) is 24.1 Å². The second-order valence-electron chi connectivity index (χ2n) is 5.39. The standard InChI is InChI=1S/C13H22N2O4/c1-9(11-3-2-8-19-11)14-13(18)15-6-4-10(5-7-15)12(16)17/h9-11H,2-8H2,1H3,(H,14,18)(H,16,17). The Bertz CT molecular complexity index is 334. The van der Waals surface area contributed by atoms with E-state index >= 15 is 0 Å². The molecule has 0 aromatic rings. The van der Waals surface area contributed by atoms with Crippen molar-refractivity contribution in [3.05, 3.63) is 0 Å². The molecule has 0 radical (unpaired) electrons. The van der Waals surface area contributed by atoms with Crippen LogP contribution in [0.3, 0.4) is 0 Å². The molecule has 2 aliphatic heterocycles. The summed E-state index contributed by atoms with van der Waals surface area (Å²) in [6, 6.07) is -0.0981. The van der Waals surface area contributed by atoms with Gasteiger partial charge >= 0.3 is 12.0 Å². The number of carbonyl (C=O) groups is 2. The third-order valence-corrected chi connectivity index (χ3v) is 4.01. The Hall–Kier alpha value is -1.30. The van der Waals surface area contributed by atoms with Crippen LogP contribution in [0.5, 0.6) is 0 Å². The lowest BCUT2D eigenvalue weighted by atomic mass is 9.97. The number of aliphatic carboxylic acids is 1. The van der Waals surface area contributed by atoms with Gasteiger partial charge in [0.1, 0.15) is 0 Å². The first-order chi connectivity index (χ1) is 9.08. The van der Waals surface area contributed by atoms with E-state index in [4.69, 9.17) is 9.84 Å². The van der Waals surface area contributed by atoms with Crippen molar-refractivity contribution in [2.75, 3.05) is 19.7 Å². The third kappa shape index (κ3) is 3.59. The van der Waals surface area contributed by atoms with Crippen LogP contribution in [-0.2, 0) is 9.53 Å². The van der Waals surface area contributed by atoms with Gasteiger partial charge in [0.25, 0.3) is 0 Å². The molecule has 2 rings (SSSR count). The maximum atomic E-state index is 12.1. The van der Waals surface area contributed by atoms with E-state index in [2.05, 4.69) is 5.32 Å².